The fourth-order valence-corrected chi connectivity index (χ4v) is 4.09. The Bertz CT molecular complexity index is 808. The van der Waals surface area contributed by atoms with Crippen LogP contribution < -0.4 is 5.32 Å². The number of amides is 2. The quantitative estimate of drug-likeness (QED) is 0.511. The number of aryl methyl sites for hydroxylation is 1. The molecule has 2 aromatic rings. The van der Waals surface area contributed by atoms with Crippen LogP contribution in [0.2, 0.25) is 0 Å². The summed E-state index contributed by atoms with van der Waals surface area (Å²) in [6.45, 7) is 9.22. The van der Waals surface area contributed by atoms with E-state index in [1.54, 1.807) is 16.7 Å². The van der Waals surface area contributed by atoms with Crippen molar-refractivity contribution < 1.29 is 9.59 Å². The fourth-order valence-electron chi connectivity index (χ4n) is 3.23. The maximum Gasteiger partial charge on any atom is 0.242 e. The molecule has 0 saturated carbocycles. The molecule has 0 aromatic heterocycles. The summed E-state index contributed by atoms with van der Waals surface area (Å²) < 4.78 is 0. The Labute approximate surface area is 185 Å². The molecular formula is C25H34N2O2S. The van der Waals surface area contributed by atoms with Gasteiger partial charge >= 0.3 is 0 Å². The summed E-state index contributed by atoms with van der Waals surface area (Å²) in [5, 5.41) is 3.01. The summed E-state index contributed by atoms with van der Waals surface area (Å²) in [5.41, 5.74) is 2.21. The zero-order valence-corrected chi connectivity index (χ0v) is 19.4. The predicted molar refractivity (Wildman–Crippen MR) is 125 cm³/mol. The number of rotatable bonds is 11. The van der Waals surface area contributed by atoms with Crippen molar-refractivity contribution in [2.75, 3.05) is 12.3 Å². The van der Waals surface area contributed by atoms with Crippen LogP contribution in [0.25, 0.3) is 0 Å². The molecule has 0 fully saturated rings. The second kappa shape index (κ2) is 12.4. The summed E-state index contributed by atoms with van der Waals surface area (Å²) in [7, 11) is 0. The highest BCUT2D eigenvalue weighted by Gasteiger charge is 2.28. The van der Waals surface area contributed by atoms with Gasteiger partial charge in [0, 0.05) is 30.2 Å². The highest BCUT2D eigenvalue weighted by atomic mass is 32.2. The third-order valence-electron chi connectivity index (χ3n) is 5.00. The zero-order valence-electron chi connectivity index (χ0n) is 18.6. The second-order valence-electron chi connectivity index (χ2n) is 7.92. The van der Waals surface area contributed by atoms with Crippen molar-refractivity contribution in [2.45, 2.75) is 58.0 Å². The first-order chi connectivity index (χ1) is 14.4. The Morgan fingerprint density at radius 2 is 1.70 bits per heavy atom. The molecule has 0 aliphatic rings. The topological polar surface area (TPSA) is 49.4 Å². The number of hydrogen-bond acceptors (Lipinski definition) is 3. The minimum atomic E-state index is -0.461. The smallest absolute Gasteiger partial charge is 0.242 e. The van der Waals surface area contributed by atoms with E-state index in [2.05, 4.69) is 31.3 Å². The maximum absolute atomic E-state index is 13.2. The summed E-state index contributed by atoms with van der Waals surface area (Å²) >= 11 is 1.67. The number of hydrogen-bond donors (Lipinski definition) is 1. The van der Waals surface area contributed by atoms with Crippen molar-refractivity contribution in [3.8, 4) is 0 Å². The Morgan fingerprint density at radius 3 is 2.33 bits per heavy atom. The van der Waals surface area contributed by atoms with Gasteiger partial charge in [0.1, 0.15) is 6.04 Å². The van der Waals surface area contributed by atoms with Crippen LogP contribution in [0.5, 0.6) is 0 Å². The van der Waals surface area contributed by atoms with Crippen LogP contribution in [0, 0.1) is 12.8 Å². The molecule has 0 bridgehead atoms. The summed E-state index contributed by atoms with van der Waals surface area (Å²) in [6, 6.07) is 17.7. The Morgan fingerprint density at radius 1 is 1.03 bits per heavy atom. The van der Waals surface area contributed by atoms with E-state index in [4.69, 9.17) is 0 Å². The number of carbonyl (C=O) groups is 2. The monoisotopic (exact) mass is 426 g/mol. The van der Waals surface area contributed by atoms with E-state index in [-0.39, 0.29) is 11.8 Å². The molecule has 0 aliphatic carbocycles. The molecule has 2 aromatic carbocycles. The van der Waals surface area contributed by atoms with Gasteiger partial charge in [0.25, 0.3) is 0 Å². The number of thioether (sulfide) groups is 1. The molecule has 0 heterocycles. The van der Waals surface area contributed by atoms with E-state index >= 15 is 0 Å². The van der Waals surface area contributed by atoms with Gasteiger partial charge in [-0.05, 0) is 42.5 Å². The normalized spacial score (nSPS) is 11.9. The van der Waals surface area contributed by atoms with E-state index in [1.807, 2.05) is 56.3 Å². The van der Waals surface area contributed by atoms with Crippen LogP contribution in [0.15, 0.2) is 59.5 Å². The van der Waals surface area contributed by atoms with Crippen molar-refractivity contribution >= 4 is 23.6 Å². The van der Waals surface area contributed by atoms with Gasteiger partial charge < -0.3 is 10.2 Å². The Balaban J connectivity index is 2.13. The lowest BCUT2D eigenvalue weighted by Gasteiger charge is -2.31. The lowest BCUT2D eigenvalue weighted by atomic mass is 10.1. The average molecular weight is 427 g/mol. The Hall–Kier alpha value is -2.27. The third kappa shape index (κ3) is 7.52. The Kier molecular flexibility index (Phi) is 9.95. The molecule has 1 N–H and O–H groups in total. The maximum atomic E-state index is 13.2. The molecule has 1 unspecified atom stereocenters. The number of carbonyl (C=O) groups excluding carboxylic acids is 2. The highest BCUT2D eigenvalue weighted by molar-refractivity contribution is 7.99. The lowest BCUT2D eigenvalue weighted by Crippen LogP contribution is -2.49. The van der Waals surface area contributed by atoms with Crippen molar-refractivity contribution in [2.24, 2.45) is 5.92 Å². The zero-order chi connectivity index (χ0) is 21.9. The van der Waals surface area contributed by atoms with Gasteiger partial charge in [0.05, 0.1) is 0 Å². The van der Waals surface area contributed by atoms with E-state index in [9.17, 15) is 9.59 Å². The first-order valence-corrected chi connectivity index (χ1v) is 11.7. The summed E-state index contributed by atoms with van der Waals surface area (Å²) in [4.78, 5) is 29.0. The number of benzene rings is 2. The van der Waals surface area contributed by atoms with E-state index in [0.717, 1.165) is 16.0 Å². The standard InChI is InChI=1S/C25H34N2O2S/c1-5-23(25(29)26-17-19(2)3)27(18-21-12-10-9-11-20(21)4)24(28)15-16-30-22-13-7-6-8-14-22/h6-14,19,23H,5,15-18H2,1-4H3,(H,26,29). The van der Waals surface area contributed by atoms with Gasteiger partial charge in [-0.1, -0.05) is 63.2 Å². The van der Waals surface area contributed by atoms with Crippen molar-refractivity contribution in [3.05, 3.63) is 65.7 Å². The van der Waals surface area contributed by atoms with Gasteiger partial charge in [0.15, 0.2) is 0 Å². The first kappa shape index (κ1) is 24.0. The van der Waals surface area contributed by atoms with E-state index in [0.29, 0.717) is 37.6 Å². The van der Waals surface area contributed by atoms with Crippen LogP contribution in [0.3, 0.4) is 0 Å². The van der Waals surface area contributed by atoms with Crippen molar-refractivity contribution in [1.29, 1.82) is 0 Å². The molecule has 162 valence electrons. The number of nitrogens with one attached hydrogen (secondary N) is 1. The van der Waals surface area contributed by atoms with Crippen LogP contribution in [-0.4, -0.2) is 35.1 Å². The van der Waals surface area contributed by atoms with Gasteiger partial charge in [-0.3, -0.25) is 9.59 Å². The first-order valence-electron chi connectivity index (χ1n) is 10.7. The molecule has 0 aliphatic heterocycles. The van der Waals surface area contributed by atoms with Crippen LogP contribution in [0.1, 0.15) is 44.7 Å². The molecular weight excluding hydrogens is 392 g/mol. The third-order valence-corrected chi connectivity index (χ3v) is 6.01. The lowest BCUT2D eigenvalue weighted by molar-refractivity contribution is -0.141. The molecule has 5 heteroatoms. The molecule has 0 spiro atoms. The fraction of sp³-hybridized carbons (Fsp3) is 0.440. The minimum Gasteiger partial charge on any atom is -0.354 e. The molecule has 4 nitrogen and oxygen atoms in total. The number of nitrogens with zero attached hydrogens (tertiary/aromatic N) is 1. The van der Waals surface area contributed by atoms with Crippen molar-refractivity contribution in [1.82, 2.24) is 10.2 Å². The SMILES string of the molecule is CCC(C(=O)NCC(C)C)N(Cc1ccccc1C)C(=O)CCSc1ccccc1. The summed E-state index contributed by atoms with van der Waals surface area (Å²) in [6.07, 6.45) is 0.993. The minimum absolute atomic E-state index is 0.0215. The van der Waals surface area contributed by atoms with Crippen LogP contribution in [-0.2, 0) is 16.1 Å². The molecule has 2 amide bonds. The molecule has 30 heavy (non-hydrogen) atoms. The van der Waals surface area contributed by atoms with E-state index in [1.165, 1.54) is 0 Å². The van der Waals surface area contributed by atoms with Gasteiger partial charge in [-0.15, -0.1) is 11.8 Å². The van der Waals surface area contributed by atoms with Crippen LogP contribution in [0.4, 0.5) is 0 Å². The van der Waals surface area contributed by atoms with Gasteiger partial charge in [0.2, 0.25) is 11.8 Å². The highest BCUT2D eigenvalue weighted by Crippen LogP contribution is 2.21. The van der Waals surface area contributed by atoms with Crippen molar-refractivity contribution in [3.63, 3.8) is 0 Å². The second-order valence-corrected chi connectivity index (χ2v) is 9.09. The van der Waals surface area contributed by atoms with Crippen LogP contribution >= 0.6 is 11.8 Å². The molecule has 2 rings (SSSR count). The molecule has 0 radical (unpaired) electrons. The summed E-state index contributed by atoms with van der Waals surface area (Å²) in [5.74, 6) is 1.02. The molecule has 1 atom stereocenters. The largest absolute Gasteiger partial charge is 0.354 e. The predicted octanol–water partition coefficient (Wildman–Crippen LogP) is 5.06. The van der Waals surface area contributed by atoms with Gasteiger partial charge in [-0.2, -0.15) is 0 Å². The molecule has 0 saturated heterocycles. The van der Waals surface area contributed by atoms with Gasteiger partial charge in [-0.25, -0.2) is 0 Å². The van der Waals surface area contributed by atoms with E-state index < -0.39 is 6.04 Å². The average Bonchev–Trinajstić information content (AvgIpc) is 2.74.